The number of nitrogens with zero attached hydrogens (tertiary/aromatic N) is 1. The van der Waals surface area contributed by atoms with E-state index in [1.165, 1.54) is 0 Å². The van der Waals surface area contributed by atoms with Crippen LogP contribution in [0.5, 0.6) is 0 Å². The van der Waals surface area contributed by atoms with Gasteiger partial charge in [0.2, 0.25) is 0 Å². The van der Waals surface area contributed by atoms with Crippen molar-refractivity contribution in [3.63, 3.8) is 0 Å². The summed E-state index contributed by atoms with van der Waals surface area (Å²) in [4.78, 5) is 14.5. The molecule has 2 atom stereocenters. The molecule has 0 unspecified atom stereocenters. The van der Waals surface area contributed by atoms with Crippen LogP contribution in [0, 0.1) is 5.41 Å². The molecule has 0 aliphatic heterocycles. The molecule has 0 radical (unpaired) electrons. The summed E-state index contributed by atoms with van der Waals surface area (Å²) in [5.41, 5.74) is 0.0920. The van der Waals surface area contributed by atoms with Gasteiger partial charge in [-0.05, 0) is 24.7 Å². The largest absolute Gasteiger partial charge is 0.391 e. The molecule has 4 heteroatoms. The fourth-order valence-corrected chi connectivity index (χ4v) is 2.91. The lowest BCUT2D eigenvalue weighted by atomic mass is 9.92. The lowest BCUT2D eigenvalue weighted by molar-refractivity contribution is 0.0877. The molecule has 1 fully saturated rings. The number of hydrogen-bond donors (Lipinski definition) is 2. The summed E-state index contributed by atoms with van der Waals surface area (Å²) in [6.45, 7) is 10.2. The number of urea groups is 1. The standard InChI is InChI=1S/C17H34N2O2/c1-5-6-9-12-19(13-17(2,3)4)16(21)18-14-10-7-8-11-15(14)20/h14-15,20H,5-13H2,1-4H3,(H,18,21)/t14-,15-/m0/s1. The average Bonchev–Trinajstić information content (AvgIpc) is 2.39. The Labute approximate surface area is 130 Å². The van der Waals surface area contributed by atoms with Crippen LogP contribution < -0.4 is 5.32 Å². The van der Waals surface area contributed by atoms with E-state index < -0.39 is 0 Å². The Hall–Kier alpha value is -0.770. The number of aliphatic hydroxyl groups is 1. The first kappa shape index (κ1) is 18.3. The van der Waals surface area contributed by atoms with Gasteiger partial charge in [-0.2, -0.15) is 0 Å². The number of unbranched alkanes of at least 4 members (excludes halogenated alkanes) is 2. The van der Waals surface area contributed by atoms with Crippen LogP contribution in [0.15, 0.2) is 0 Å². The molecule has 1 aliphatic carbocycles. The number of rotatable bonds is 6. The van der Waals surface area contributed by atoms with E-state index >= 15 is 0 Å². The zero-order valence-corrected chi connectivity index (χ0v) is 14.3. The van der Waals surface area contributed by atoms with E-state index in [0.29, 0.717) is 0 Å². The van der Waals surface area contributed by atoms with Crippen molar-refractivity contribution in [3.05, 3.63) is 0 Å². The number of hydrogen-bond acceptors (Lipinski definition) is 2. The Kier molecular flexibility index (Phi) is 7.50. The highest BCUT2D eigenvalue weighted by Crippen LogP contribution is 2.20. The first-order valence-corrected chi connectivity index (χ1v) is 8.57. The summed E-state index contributed by atoms with van der Waals surface area (Å²) in [5, 5.41) is 13.1. The van der Waals surface area contributed by atoms with Crippen LogP contribution in [-0.2, 0) is 0 Å². The molecule has 1 saturated carbocycles. The Balaban J connectivity index is 2.56. The highest BCUT2D eigenvalue weighted by molar-refractivity contribution is 5.74. The van der Waals surface area contributed by atoms with Gasteiger partial charge in [-0.3, -0.25) is 0 Å². The van der Waals surface area contributed by atoms with Crippen molar-refractivity contribution in [2.24, 2.45) is 5.41 Å². The van der Waals surface area contributed by atoms with E-state index in [2.05, 4.69) is 33.0 Å². The van der Waals surface area contributed by atoms with Gasteiger partial charge in [0.1, 0.15) is 0 Å². The normalized spacial score (nSPS) is 22.9. The molecule has 0 saturated heterocycles. The van der Waals surface area contributed by atoms with Gasteiger partial charge in [0.25, 0.3) is 0 Å². The molecule has 0 bridgehead atoms. The monoisotopic (exact) mass is 298 g/mol. The fourth-order valence-electron chi connectivity index (χ4n) is 2.91. The second-order valence-corrected chi connectivity index (χ2v) is 7.60. The van der Waals surface area contributed by atoms with E-state index in [4.69, 9.17) is 0 Å². The van der Waals surface area contributed by atoms with Crippen LogP contribution in [0.1, 0.15) is 72.6 Å². The van der Waals surface area contributed by atoms with Crippen LogP contribution in [0.4, 0.5) is 4.79 Å². The van der Waals surface area contributed by atoms with Gasteiger partial charge >= 0.3 is 6.03 Å². The maximum absolute atomic E-state index is 12.5. The zero-order chi connectivity index (χ0) is 15.9. The van der Waals surface area contributed by atoms with Gasteiger partial charge in [-0.1, -0.05) is 53.4 Å². The Morgan fingerprint density at radius 3 is 2.48 bits per heavy atom. The molecule has 0 aromatic heterocycles. The average molecular weight is 298 g/mol. The Bertz CT molecular complexity index is 312. The summed E-state index contributed by atoms with van der Waals surface area (Å²) in [6, 6.07) is -0.0770. The molecular formula is C17H34N2O2. The van der Waals surface area contributed by atoms with E-state index in [1.54, 1.807) is 0 Å². The predicted octanol–water partition coefficient (Wildman–Crippen LogP) is 3.54. The molecule has 0 aromatic carbocycles. The van der Waals surface area contributed by atoms with Gasteiger partial charge in [0, 0.05) is 13.1 Å². The van der Waals surface area contributed by atoms with Gasteiger partial charge in [-0.25, -0.2) is 4.79 Å². The Morgan fingerprint density at radius 2 is 1.90 bits per heavy atom. The summed E-state index contributed by atoms with van der Waals surface area (Å²) >= 11 is 0. The van der Waals surface area contributed by atoms with E-state index in [9.17, 15) is 9.90 Å². The van der Waals surface area contributed by atoms with Crippen LogP contribution in [-0.4, -0.2) is 41.3 Å². The first-order chi connectivity index (χ1) is 9.83. The summed E-state index contributed by atoms with van der Waals surface area (Å²) in [6.07, 6.45) is 6.84. The highest BCUT2D eigenvalue weighted by Gasteiger charge is 2.27. The molecule has 124 valence electrons. The van der Waals surface area contributed by atoms with E-state index in [-0.39, 0.29) is 23.6 Å². The third kappa shape index (κ3) is 7.16. The van der Waals surface area contributed by atoms with Crippen molar-refractivity contribution in [3.8, 4) is 0 Å². The molecule has 21 heavy (non-hydrogen) atoms. The number of amides is 2. The molecule has 2 N–H and O–H groups in total. The molecule has 0 aromatic rings. The van der Waals surface area contributed by atoms with Crippen molar-refractivity contribution in [2.75, 3.05) is 13.1 Å². The fraction of sp³-hybridized carbons (Fsp3) is 0.941. The lowest BCUT2D eigenvalue weighted by Crippen LogP contribution is -2.52. The maximum atomic E-state index is 12.5. The minimum atomic E-state index is -0.380. The molecule has 1 rings (SSSR count). The number of aliphatic hydroxyl groups excluding tert-OH is 1. The third-order valence-corrected chi connectivity index (χ3v) is 4.02. The van der Waals surface area contributed by atoms with Crippen LogP contribution in [0.25, 0.3) is 0 Å². The maximum Gasteiger partial charge on any atom is 0.317 e. The first-order valence-electron chi connectivity index (χ1n) is 8.57. The number of carbonyl (C=O) groups is 1. The van der Waals surface area contributed by atoms with Crippen LogP contribution >= 0.6 is 0 Å². The van der Waals surface area contributed by atoms with Crippen molar-refractivity contribution >= 4 is 6.03 Å². The summed E-state index contributed by atoms with van der Waals surface area (Å²) < 4.78 is 0. The SMILES string of the molecule is CCCCCN(CC(C)(C)C)C(=O)N[C@H]1CCCC[C@@H]1O. The molecule has 1 aliphatic rings. The number of nitrogens with one attached hydrogen (secondary N) is 1. The van der Waals surface area contributed by atoms with Crippen molar-refractivity contribution in [1.29, 1.82) is 0 Å². The van der Waals surface area contributed by atoms with Crippen molar-refractivity contribution in [1.82, 2.24) is 10.2 Å². The highest BCUT2D eigenvalue weighted by atomic mass is 16.3. The van der Waals surface area contributed by atoms with E-state index in [0.717, 1.165) is 58.0 Å². The topological polar surface area (TPSA) is 52.6 Å². The quantitative estimate of drug-likeness (QED) is 0.737. The second-order valence-electron chi connectivity index (χ2n) is 7.60. The molecule has 2 amide bonds. The van der Waals surface area contributed by atoms with Crippen molar-refractivity contribution in [2.45, 2.75) is 84.8 Å². The number of carbonyl (C=O) groups excluding carboxylic acids is 1. The van der Waals surface area contributed by atoms with Crippen molar-refractivity contribution < 1.29 is 9.90 Å². The van der Waals surface area contributed by atoms with Gasteiger partial charge in [-0.15, -0.1) is 0 Å². The van der Waals surface area contributed by atoms with Crippen LogP contribution in [0.2, 0.25) is 0 Å². The van der Waals surface area contributed by atoms with Crippen LogP contribution in [0.3, 0.4) is 0 Å². The third-order valence-electron chi connectivity index (χ3n) is 4.02. The molecule has 4 nitrogen and oxygen atoms in total. The smallest absolute Gasteiger partial charge is 0.317 e. The molecule has 0 spiro atoms. The lowest BCUT2D eigenvalue weighted by Gasteiger charge is -2.34. The predicted molar refractivity (Wildman–Crippen MR) is 87.3 cm³/mol. The summed E-state index contributed by atoms with van der Waals surface area (Å²) in [5.74, 6) is 0. The molecule has 0 heterocycles. The van der Waals surface area contributed by atoms with E-state index in [1.807, 2.05) is 4.90 Å². The van der Waals surface area contributed by atoms with Gasteiger partial charge in [0.05, 0.1) is 12.1 Å². The Morgan fingerprint density at radius 1 is 1.24 bits per heavy atom. The van der Waals surface area contributed by atoms with Gasteiger partial charge < -0.3 is 15.3 Å². The summed E-state index contributed by atoms with van der Waals surface area (Å²) in [7, 11) is 0. The minimum Gasteiger partial charge on any atom is -0.391 e. The minimum absolute atomic E-state index is 0.00743. The zero-order valence-electron chi connectivity index (χ0n) is 14.3. The second kappa shape index (κ2) is 8.62. The molecular weight excluding hydrogens is 264 g/mol. The van der Waals surface area contributed by atoms with Gasteiger partial charge in [0.15, 0.2) is 0 Å².